The van der Waals surface area contributed by atoms with E-state index in [0.717, 1.165) is 28.8 Å². The summed E-state index contributed by atoms with van der Waals surface area (Å²) in [6.07, 6.45) is 1.81. The summed E-state index contributed by atoms with van der Waals surface area (Å²) in [5.74, 6) is -0.227. The van der Waals surface area contributed by atoms with E-state index in [0.29, 0.717) is 43.7 Å². The zero-order chi connectivity index (χ0) is 22.7. The molecule has 1 amide bonds. The summed E-state index contributed by atoms with van der Waals surface area (Å²) in [5, 5.41) is 2.95. The van der Waals surface area contributed by atoms with Gasteiger partial charge in [0.2, 0.25) is 15.9 Å². The Kier molecular flexibility index (Phi) is 6.78. The lowest BCUT2D eigenvalue weighted by Gasteiger charge is -2.30. The van der Waals surface area contributed by atoms with Crippen LogP contribution < -0.4 is 10.2 Å². The predicted molar refractivity (Wildman–Crippen MR) is 126 cm³/mol. The van der Waals surface area contributed by atoms with Gasteiger partial charge in [0.15, 0.2) is 0 Å². The number of benzene rings is 2. The van der Waals surface area contributed by atoms with Crippen LogP contribution in [0, 0.1) is 5.92 Å². The number of aryl methyl sites for hydroxylation is 1. The first kappa shape index (κ1) is 22.7. The fourth-order valence-electron chi connectivity index (χ4n) is 4.08. The topological polar surface area (TPSA) is 88.5 Å². The van der Waals surface area contributed by atoms with Gasteiger partial charge in [0.05, 0.1) is 15.1 Å². The van der Waals surface area contributed by atoms with Crippen molar-refractivity contribution in [3.63, 3.8) is 0 Å². The van der Waals surface area contributed by atoms with Crippen molar-refractivity contribution in [2.75, 3.05) is 13.1 Å². The van der Waals surface area contributed by atoms with Crippen LogP contribution in [-0.4, -0.2) is 36.3 Å². The maximum atomic E-state index is 13.2. The van der Waals surface area contributed by atoms with E-state index in [2.05, 4.69) is 5.32 Å². The number of piperidine rings is 1. The summed E-state index contributed by atoms with van der Waals surface area (Å²) in [6.45, 7) is 3.69. The molecule has 1 saturated heterocycles. The fraction of sp³-hybridized carbons (Fsp3) is 0.391. The molecule has 0 spiro atoms. The zero-order valence-electron chi connectivity index (χ0n) is 18.0. The summed E-state index contributed by atoms with van der Waals surface area (Å²) in [7, 11) is -3.68. The highest BCUT2D eigenvalue weighted by molar-refractivity contribution is 7.89. The minimum atomic E-state index is -3.68. The first-order valence-electron chi connectivity index (χ1n) is 10.9. The van der Waals surface area contributed by atoms with E-state index in [9.17, 15) is 18.0 Å². The van der Waals surface area contributed by atoms with E-state index < -0.39 is 10.0 Å². The molecular formula is C23H27N3O4S2. The monoisotopic (exact) mass is 473 g/mol. The van der Waals surface area contributed by atoms with Crippen LogP contribution in [0.2, 0.25) is 0 Å². The van der Waals surface area contributed by atoms with Gasteiger partial charge in [-0.05, 0) is 43.0 Å². The Morgan fingerprint density at radius 2 is 1.84 bits per heavy atom. The Bertz CT molecular complexity index is 1260. The second-order valence-corrected chi connectivity index (χ2v) is 11.0. The number of nitrogens with zero attached hydrogens (tertiary/aromatic N) is 2. The zero-order valence-corrected chi connectivity index (χ0v) is 19.6. The minimum absolute atomic E-state index is 0.0330. The van der Waals surface area contributed by atoms with Gasteiger partial charge in [-0.1, -0.05) is 48.6 Å². The molecule has 1 fully saturated rings. The molecule has 32 heavy (non-hydrogen) atoms. The van der Waals surface area contributed by atoms with Crippen LogP contribution >= 0.6 is 11.3 Å². The third-order valence-corrected chi connectivity index (χ3v) is 8.70. The van der Waals surface area contributed by atoms with Gasteiger partial charge < -0.3 is 5.32 Å². The van der Waals surface area contributed by atoms with Crippen molar-refractivity contribution in [1.29, 1.82) is 0 Å². The Hall–Kier alpha value is -2.49. The van der Waals surface area contributed by atoms with Gasteiger partial charge in [-0.15, -0.1) is 0 Å². The molecule has 0 saturated carbocycles. The summed E-state index contributed by atoms with van der Waals surface area (Å²) in [5.41, 5.74) is 1.81. The molecule has 9 heteroatoms. The predicted octanol–water partition coefficient (Wildman–Crippen LogP) is 3.19. The van der Waals surface area contributed by atoms with Gasteiger partial charge in [-0.3, -0.25) is 14.2 Å². The van der Waals surface area contributed by atoms with Gasteiger partial charge in [-0.2, -0.15) is 4.31 Å². The van der Waals surface area contributed by atoms with Crippen LogP contribution in [0.15, 0.2) is 58.2 Å². The molecule has 170 valence electrons. The molecule has 0 radical (unpaired) electrons. The number of rotatable bonds is 7. The lowest BCUT2D eigenvalue weighted by molar-refractivity contribution is -0.126. The van der Waals surface area contributed by atoms with Crippen LogP contribution in [0.5, 0.6) is 0 Å². The van der Waals surface area contributed by atoms with E-state index in [1.807, 2.05) is 37.3 Å². The quantitative estimate of drug-likeness (QED) is 0.571. The second-order valence-electron chi connectivity index (χ2n) is 8.03. The molecule has 1 aliphatic rings. The summed E-state index contributed by atoms with van der Waals surface area (Å²) < 4.78 is 30.2. The first-order valence-corrected chi connectivity index (χ1v) is 13.1. The van der Waals surface area contributed by atoms with E-state index in [4.69, 9.17) is 0 Å². The summed E-state index contributed by atoms with van der Waals surface area (Å²) in [4.78, 5) is 24.9. The molecular weight excluding hydrogens is 446 g/mol. The van der Waals surface area contributed by atoms with Crippen LogP contribution in [0.3, 0.4) is 0 Å². The number of fused-ring (bicyclic) bond motifs is 1. The van der Waals surface area contributed by atoms with Crippen LogP contribution in [-0.2, 0) is 27.9 Å². The van der Waals surface area contributed by atoms with Crippen LogP contribution in [0.25, 0.3) is 10.2 Å². The molecule has 0 bridgehead atoms. The minimum Gasteiger partial charge on any atom is -0.352 e. The molecule has 0 atom stereocenters. The van der Waals surface area contributed by atoms with Crippen molar-refractivity contribution in [3.8, 4) is 0 Å². The number of hydrogen-bond acceptors (Lipinski definition) is 5. The molecule has 1 aromatic heterocycles. The Balaban J connectivity index is 1.41. The third-order valence-electron chi connectivity index (χ3n) is 5.86. The average molecular weight is 474 g/mol. The van der Waals surface area contributed by atoms with E-state index in [1.165, 1.54) is 4.31 Å². The smallest absolute Gasteiger partial charge is 0.308 e. The van der Waals surface area contributed by atoms with Crippen molar-refractivity contribution in [1.82, 2.24) is 14.2 Å². The number of sulfonamides is 1. The molecule has 2 heterocycles. The molecule has 4 rings (SSSR count). The van der Waals surface area contributed by atoms with Crippen LogP contribution in [0.1, 0.15) is 31.7 Å². The molecule has 1 N–H and O–H groups in total. The van der Waals surface area contributed by atoms with Gasteiger partial charge in [0, 0.05) is 32.1 Å². The summed E-state index contributed by atoms with van der Waals surface area (Å²) >= 11 is 1.08. The van der Waals surface area contributed by atoms with Crippen molar-refractivity contribution < 1.29 is 13.2 Å². The van der Waals surface area contributed by atoms with Gasteiger partial charge in [-0.25, -0.2) is 8.42 Å². The summed E-state index contributed by atoms with van der Waals surface area (Å²) in [6, 6.07) is 14.6. The van der Waals surface area contributed by atoms with Gasteiger partial charge >= 0.3 is 4.87 Å². The maximum Gasteiger partial charge on any atom is 0.308 e. The highest BCUT2D eigenvalue weighted by Crippen LogP contribution is 2.27. The van der Waals surface area contributed by atoms with Crippen molar-refractivity contribution in [2.24, 2.45) is 5.92 Å². The van der Waals surface area contributed by atoms with Crippen LogP contribution in [0.4, 0.5) is 0 Å². The SMILES string of the molecule is CCCn1c(=O)sc2cc(S(=O)(=O)N3CCC(C(=O)NCc4ccccc4)CC3)ccc21. The second kappa shape index (κ2) is 9.56. The Morgan fingerprint density at radius 3 is 2.53 bits per heavy atom. The van der Waals surface area contributed by atoms with Gasteiger partial charge in [0.1, 0.15) is 0 Å². The van der Waals surface area contributed by atoms with E-state index >= 15 is 0 Å². The number of carbonyl (C=O) groups is 1. The first-order chi connectivity index (χ1) is 15.4. The Morgan fingerprint density at radius 1 is 1.12 bits per heavy atom. The molecule has 3 aromatic rings. The van der Waals surface area contributed by atoms with E-state index in [-0.39, 0.29) is 21.6 Å². The molecule has 1 aliphatic heterocycles. The standard InChI is InChI=1S/C23H27N3O4S2/c1-2-12-26-20-9-8-19(15-21(20)31-23(26)28)32(29,30)25-13-10-18(11-14-25)22(27)24-16-17-6-4-3-5-7-17/h3-9,15,18H,2,10-14,16H2,1H3,(H,24,27). The number of thiazole rings is 1. The number of amides is 1. The Labute approximate surface area is 191 Å². The number of aromatic nitrogens is 1. The van der Waals surface area contributed by atoms with E-state index in [1.54, 1.807) is 22.8 Å². The molecule has 0 unspecified atom stereocenters. The molecule has 0 aliphatic carbocycles. The normalized spacial score (nSPS) is 15.8. The highest BCUT2D eigenvalue weighted by atomic mass is 32.2. The highest BCUT2D eigenvalue weighted by Gasteiger charge is 2.32. The largest absolute Gasteiger partial charge is 0.352 e. The van der Waals surface area contributed by atoms with Gasteiger partial charge in [0.25, 0.3) is 0 Å². The lowest BCUT2D eigenvalue weighted by Crippen LogP contribution is -2.42. The maximum absolute atomic E-state index is 13.2. The molecule has 2 aromatic carbocycles. The number of carbonyl (C=O) groups excluding carboxylic acids is 1. The lowest BCUT2D eigenvalue weighted by atomic mass is 9.97. The number of nitrogens with one attached hydrogen (secondary N) is 1. The van der Waals surface area contributed by atoms with Crippen molar-refractivity contribution in [2.45, 2.75) is 44.2 Å². The fourth-order valence-corrected chi connectivity index (χ4v) is 6.61. The third kappa shape index (κ3) is 4.65. The molecule has 7 nitrogen and oxygen atoms in total. The van der Waals surface area contributed by atoms with Crippen molar-refractivity contribution >= 4 is 37.5 Å². The van der Waals surface area contributed by atoms with Crippen molar-refractivity contribution in [3.05, 3.63) is 63.8 Å². The average Bonchev–Trinajstić information content (AvgIpc) is 3.13. The number of hydrogen-bond donors (Lipinski definition) is 1.